The number of nitrogens with two attached hydrogens (primary N) is 1. The van der Waals surface area contributed by atoms with Gasteiger partial charge in [-0.1, -0.05) is 0 Å². The molecule has 1 heterocycles. The molecule has 0 unspecified atom stereocenters. The number of carboxylic acids is 1. The minimum atomic E-state index is -0.914. The number of carbonyl (C=O) groups excluding carboxylic acids is 1. The van der Waals surface area contributed by atoms with Gasteiger partial charge in [0.05, 0.1) is 6.42 Å². The number of hydrogen-bond acceptors (Lipinski definition) is 3. The molecule has 1 aromatic rings. The molecule has 0 aromatic carbocycles. The molecule has 14 heavy (non-hydrogen) atoms. The van der Waals surface area contributed by atoms with E-state index < -0.39 is 11.9 Å². The van der Waals surface area contributed by atoms with E-state index in [2.05, 4.69) is 0 Å². The Morgan fingerprint density at radius 2 is 2.21 bits per heavy atom. The fourth-order valence-corrected chi connectivity index (χ4v) is 2.01. The third-order valence-electron chi connectivity index (χ3n) is 1.88. The molecular weight excluding hydrogens is 202 g/mol. The summed E-state index contributed by atoms with van der Waals surface area (Å²) in [5.41, 5.74) is 5.92. The number of carboxylic acid groups (broad SMARTS) is 1. The highest BCUT2D eigenvalue weighted by molar-refractivity contribution is 7.08. The van der Waals surface area contributed by atoms with Crippen LogP contribution < -0.4 is 5.73 Å². The quantitative estimate of drug-likeness (QED) is 0.770. The van der Waals surface area contributed by atoms with Gasteiger partial charge >= 0.3 is 5.97 Å². The third-order valence-corrected chi connectivity index (χ3v) is 2.58. The highest BCUT2D eigenvalue weighted by Crippen LogP contribution is 2.25. The van der Waals surface area contributed by atoms with E-state index in [0.717, 1.165) is 5.56 Å². The van der Waals surface area contributed by atoms with Crippen molar-refractivity contribution in [3.8, 4) is 0 Å². The predicted octanol–water partition coefficient (Wildman–Crippen LogP) is 1.18. The lowest BCUT2D eigenvalue weighted by Crippen LogP contribution is -2.17. The number of primary amides is 1. The smallest absolute Gasteiger partial charge is 0.303 e. The van der Waals surface area contributed by atoms with Gasteiger partial charge in [-0.25, -0.2) is 0 Å². The Balaban J connectivity index is 2.71. The Labute approximate surface area is 85.4 Å². The molecule has 0 aliphatic carbocycles. The molecule has 76 valence electrons. The Hall–Kier alpha value is -1.36. The summed E-state index contributed by atoms with van der Waals surface area (Å²) >= 11 is 1.48. The number of thiophene rings is 1. The van der Waals surface area contributed by atoms with Crippen molar-refractivity contribution in [3.05, 3.63) is 22.4 Å². The zero-order valence-electron chi connectivity index (χ0n) is 7.47. The second-order valence-electron chi connectivity index (χ2n) is 3.02. The molecular formula is C9H11NO3S. The first-order chi connectivity index (χ1) is 6.59. The normalized spacial score (nSPS) is 12.3. The van der Waals surface area contributed by atoms with E-state index in [-0.39, 0.29) is 18.8 Å². The Morgan fingerprint density at radius 3 is 2.64 bits per heavy atom. The van der Waals surface area contributed by atoms with Gasteiger partial charge in [-0.3, -0.25) is 9.59 Å². The Bertz CT molecular complexity index is 305. The Morgan fingerprint density at radius 1 is 1.50 bits per heavy atom. The average molecular weight is 213 g/mol. The van der Waals surface area contributed by atoms with E-state index in [1.54, 1.807) is 0 Å². The molecule has 0 spiro atoms. The molecule has 4 nitrogen and oxygen atoms in total. The highest BCUT2D eigenvalue weighted by Gasteiger charge is 2.18. The van der Waals surface area contributed by atoms with Crippen LogP contribution in [0.3, 0.4) is 0 Å². The first-order valence-corrected chi connectivity index (χ1v) is 5.06. The number of amides is 1. The molecule has 1 atom stereocenters. The van der Waals surface area contributed by atoms with Gasteiger partial charge in [-0.15, -0.1) is 0 Å². The average Bonchev–Trinajstić information content (AvgIpc) is 2.52. The molecule has 5 heteroatoms. The third kappa shape index (κ3) is 3.18. The van der Waals surface area contributed by atoms with Gasteiger partial charge in [-0.05, 0) is 22.4 Å². The highest BCUT2D eigenvalue weighted by atomic mass is 32.1. The molecule has 1 amide bonds. The number of rotatable bonds is 5. The predicted molar refractivity (Wildman–Crippen MR) is 53.1 cm³/mol. The molecule has 0 fully saturated rings. The van der Waals surface area contributed by atoms with Gasteiger partial charge in [0.25, 0.3) is 0 Å². The van der Waals surface area contributed by atoms with Crippen molar-refractivity contribution >= 4 is 23.2 Å². The van der Waals surface area contributed by atoms with Gasteiger partial charge in [0, 0.05) is 12.3 Å². The van der Waals surface area contributed by atoms with E-state index in [1.165, 1.54) is 11.3 Å². The summed E-state index contributed by atoms with van der Waals surface area (Å²) < 4.78 is 0. The van der Waals surface area contributed by atoms with Crippen LogP contribution in [0.25, 0.3) is 0 Å². The van der Waals surface area contributed by atoms with Crippen LogP contribution in [-0.2, 0) is 9.59 Å². The van der Waals surface area contributed by atoms with Gasteiger partial charge in [-0.2, -0.15) is 11.3 Å². The summed E-state index contributed by atoms with van der Waals surface area (Å²) in [6.45, 7) is 0. The summed E-state index contributed by atoms with van der Waals surface area (Å²) in [5, 5.41) is 12.3. The van der Waals surface area contributed by atoms with E-state index in [4.69, 9.17) is 10.8 Å². The fourth-order valence-electron chi connectivity index (χ4n) is 1.27. The zero-order valence-corrected chi connectivity index (χ0v) is 8.29. The molecule has 1 rings (SSSR count). The number of hydrogen-bond donors (Lipinski definition) is 2. The van der Waals surface area contributed by atoms with Crippen molar-refractivity contribution in [2.24, 2.45) is 5.73 Å². The van der Waals surface area contributed by atoms with Gasteiger partial charge in [0.1, 0.15) is 0 Å². The van der Waals surface area contributed by atoms with E-state index in [1.807, 2.05) is 16.8 Å². The van der Waals surface area contributed by atoms with Crippen LogP contribution in [0, 0.1) is 0 Å². The van der Waals surface area contributed by atoms with Gasteiger partial charge < -0.3 is 10.8 Å². The van der Waals surface area contributed by atoms with Crippen LogP contribution in [0.1, 0.15) is 24.3 Å². The number of aliphatic carboxylic acids is 1. The molecule has 1 aromatic heterocycles. The van der Waals surface area contributed by atoms with Crippen LogP contribution in [-0.4, -0.2) is 17.0 Å². The van der Waals surface area contributed by atoms with Crippen LogP contribution in [0.2, 0.25) is 0 Å². The van der Waals surface area contributed by atoms with E-state index >= 15 is 0 Å². The standard InChI is InChI=1S/C9H11NO3S/c10-8(11)3-7(4-9(12)13)6-1-2-14-5-6/h1-2,5,7H,3-4H2,(H2,10,11)(H,12,13)/t7-/m0/s1. The van der Waals surface area contributed by atoms with Crippen LogP contribution in [0.4, 0.5) is 0 Å². The zero-order chi connectivity index (χ0) is 10.6. The summed E-state index contributed by atoms with van der Waals surface area (Å²) in [6.07, 6.45) is 0.0305. The largest absolute Gasteiger partial charge is 0.481 e. The first kappa shape index (κ1) is 10.7. The molecule has 0 saturated heterocycles. The lowest BCUT2D eigenvalue weighted by Gasteiger charge is -2.10. The second kappa shape index (κ2) is 4.76. The molecule has 0 aliphatic rings. The topological polar surface area (TPSA) is 80.4 Å². The fraction of sp³-hybridized carbons (Fsp3) is 0.333. The first-order valence-electron chi connectivity index (χ1n) is 4.11. The van der Waals surface area contributed by atoms with Crippen LogP contribution in [0.5, 0.6) is 0 Å². The molecule has 0 bridgehead atoms. The van der Waals surface area contributed by atoms with Crippen LogP contribution in [0.15, 0.2) is 16.8 Å². The van der Waals surface area contributed by atoms with Gasteiger partial charge in [0.2, 0.25) is 5.91 Å². The minimum absolute atomic E-state index is 0.0559. The lowest BCUT2D eigenvalue weighted by atomic mass is 9.95. The lowest BCUT2D eigenvalue weighted by molar-refractivity contribution is -0.137. The number of carbonyl (C=O) groups is 2. The maximum Gasteiger partial charge on any atom is 0.303 e. The maximum atomic E-state index is 10.7. The summed E-state index contributed by atoms with van der Waals surface area (Å²) in [7, 11) is 0. The summed E-state index contributed by atoms with van der Waals surface area (Å²) in [5.74, 6) is -1.68. The van der Waals surface area contributed by atoms with Crippen molar-refractivity contribution < 1.29 is 14.7 Å². The van der Waals surface area contributed by atoms with Crippen molar-refractivity contribution in [2.75, 3.05) is 0 Å². The molecule has 0 saturated carbocycles. The second-order valence-corrected chi connectivity index (χ2v) is 3.80. The van der Waals surface area contributed by atoms with E-state index in [9.17, 15) is 9.59 Å². The van der Waals surface area contributed by atoms with Crippen molar-refractivity contribution in [1.82, 2.24) is 0 Å². The van der Waals surface area contributed by atoms with E-state index in [0.29, 0.717) is 0 Å². The van der Waals surface area contributed by atoms with Crippen LogP contribution >= 0.6 is 11.3 Å². The van der Waals surface area contributed by atoms with Crippen molar-refractivity contribution in [2.45, 2.75) is 18.8 Å². The van der Waals surface area contributed by atoms with Crippen molar-refractivity contribution in [3.63, 3.8) is 0 Å². The molecule has 0 radical (unpaired) electrons. The monoisotopic (exact) mass is 213 g/mol. The van der Waals surface area contributed by atoms with Crippen molar-refractivity contribution in [1.29, 1.82) is 0 Å². The Kier molecular flexibility index (Phi) is 3.64. The molecule has 0 aliphatic heterocycles. The minimum Gasteiger partial charge on any atom is -0.481 e. The molecule has 3 N–H and O–H groups in total. The summed E-state index contributed by atoms with van der Waals surface area (Å²) in [4.78, 5) is 21.3. The van der Waals surface area contributed by atoms with Gasteiger partial charge in [0.15, 0.2) is 0 Å². The SMILES string of the molecule is NC(=O)C[C@@H](CC(=O)O)c1ccsc1. The summed E-state index contributed by atoms with van der Waals surface area (Å²) in [6, 6.07) is 1.82. The maximum absolute atomic E-state index is 10.7.